The zero-order chi connectivity index (χ0) is 25.6. The van der Waals surface area contributed by atoms with Crippen LogP contribution >= 0.6 is 0 Å². The Balaban J connectivity index is 1.49. The number of likely N-dealkylation sites (tertiary alicyclic amines) is 1. The molecule has 2 aliphatic rings. The van der Waals surface area contributed by atoms with Crippen LogP contribution in [0, 0.1) is 23.5 Å². The van der Waals surface area contributed by atoms with Crippen LogP contribution < -0.4 is 4.74 Å². The van der Waals surface area contributed by atoms with Crippen molar-refractivity contribution in [1.29, 1.82) is 0 Å². The number of ether oxygens (including phenoxy) is 1. The minimum Gasteiger partial charge on any atom is -0.492 e. The molecule has 2 atom stereocenters. The van der Waals surface area contributed by atoms with Crippen LogP contribution in [0.3, 0.4) is 0 Å². The maximum absolute atomic E-state index is 15.6. The molecule has 192 valence electrons. The molecule has 0 unspecified atom stereocenters. The van der Waals surface area contributed by atoms with E-state index in [0.717, 1.165) is 10.9 Å². The summed E-state index contributed by atoms with van der Waals surface area (Å²) in [6.45, 7) is 7.24. The van der Waals surface area contributed by atoms with Crippen LogP contribution in [-0.2, 0) is 11.2 Å². The normalized spacial score (nSPS) is 20.6. The summed E-state index contributed by atoms with van der Waals surface area (Å²) >= 11 is 0. The number of fused-ring (bicyclic) bond motifs is 3. The predicted molar refractivity (Wildman–Crippen MR) is 131 cm³/mol. The Morgan fingerprint density at radius 3 is 2.53 bits per heavy atom. The zero-order valence-corrected chi connectivity index (χ0v) is 20.8. The van der Waals surface area contributed by atoms with E-state index in [-0.39, 0.29) is 48.4 Å². The van der Waals surface area contributed by atoms with E-state index in [4.69, 9.17) is 9.15 Å². The summed E-state index contributed by atoms with van der Waals surface area (Å²) in [7, 11) is 0. The Bertz CT molecular complexity index is 1250. The monoisotopic (exact) mass is 500 g/mol. The number of para-hydroxylation sites is 1. The Morgan fingerprint density at radius 1 is 1.17 bits per heavy atom. The lowest BCUT2D eigenvalue weighted by Crippen LogP contribution is -2.49. The van der Waals surface area contributed by atoms with Crippen molar-refractivity contribution < 1.29 is 27.1 Å². The number of benzene rings is 2. The third-order valence-corrected chi connectivity index (χ3v) is 7.23. The van der Waals surface area contributed by atoms with Crippen LogP contribution in [0.15, 0.2) is 40.8 Å². The lowest BCUT2D eigenvalue weighted by molar-refractivity contribution is -0.139. The van der Waals surface area contributed by atoms with Gasteiger partial charge in [0.15, 0.2) is 0 Å². The number of hydrogen-bond donors (Lipinski definition) is 0. The van der Waals surface area contributed by atoms with Crippen LogP contribution in [0.25, 0.3) is 11.0 Å². The van der Waals surface area contributed by atoms with E-state index in [2.05, 4.69) is 0 Å². The largest absolute Gasteiger partial charge is 0.492 e. The van der Waals surface area contributed by atoms with Crippen molar-refractivity contribution in [3.63, 3.8) is 0 Å². The molecule has 5 nitrogen and oxygen atoms in total. The highest BCUT2D eigenvalue weighted by atomic mass is 19.1. The Kier molecular flexibility index (Phi) is 6.72. The van der Waals surface area contributed by atoms with Gasteiger partial charge in [0.2, 0.25) is 5.91 Å². The molecule has 3 heterocycles. The van der Waals surface area contributed by atoms with Gasteiger partial charge in [-0.15, -0.1) is 0 Å². The van der Waals surface area contributed by atoms with Crippen molar-refractivity contribution >= 4 is 16.9 Å². The highest BCUT2D eigenvalue weighted by Crippen LogP contribution is 2.45. The maximum atomic E-state index is 15.6. The smallest absolute Gasteiger partial charge is 0.226 e. The average molecular weight is 501 g/mol. The quantitative estimate of drug-likeness (QED) is 0.429. The summed E-state index contributed by atoms with van der Waals surface area (Å²) < 4.78 is 55.6. The van der Waals surface area contributed by atoms with E-state index < -0.39 is 17.7 Å². The van der Waals surface area contributed by atoms with Crippen molar-refractivity contribution in [2.45, 2.75) is 39.3 Å². The first-order valence-corrected chi connectivity index (χ1v) is 12.5. The fraction of sp³-hybridized carbons (Fsp3) is 0.464. The first-order valence-electron chi connectivity index (χ1n) is 12.5. The van der Waals surface area contributed by atoms with E-state index in [1.54, 1.807) is 18.7 Å². The number of rotatable bonds is 7. The highest BCUT2D eigenvalue weighted by Gasteiger charge is 2.43. The molecule has 2 aliphatic heterocycles. The summed E-state index contributed by atoms with van der Waals surface area (Å²) in [6.07, 6.45) is 0.533. The van der Waals surface area contributed by atoms with Crippen molar-refractivity contribution in [3.05, 3.63) is 64.9 Å². The zero-order valence-electron chi connectivity index (χ0n) is 20.8. The van der Waals surface area contributed by atoms with Crippen LogP contribution in [0.4, 0.5) is 13.2 Å². The highest BCUT2D eigenvalue weighted by molar-refractivity contribution is 5.85. The summed E-state index contributed by atoms with van der Waals surface area (Å²) in [5, 5.41) is 0.891. The van der Waals surface area contributed by atoms with Crippen molar-refractivity contribution in [2.75, 3.05) is 32.9 Å². The molecule has 1 saturated heterocycles. The molecule has 0 aliphatic carbocycles. The second-order valence-electron chi connectivity index (χ2n) is 10.2. The van der Waals surface area contributed by atoms with Crippen molar-refractivity contribution in [1.82, 2.24) is 9.80 Å². The summed E-state index contributed by atoms with van der Waals surface area (Å²) in [5.41, 5.74) is 1.27. The number of amides is 1. The van der Waals surface area contributed by atoms with Crippen molar-refractivity contribution in [3.8, 4) is 5.75 Å². The third-order valence-electron chi connectivity index (χ3n) is 7.23. The third kappa shape index (κ3) is 4.36. The Morgan fingerprint density at radius 2 is 1.86 bits per heavy atom. The number of nitrogens with zero attached hydrogens (tertiary/aromatic N) is 2. The first-order chi connectivity index (χ1) is 17.3. The van der Waals surface area contributed by atoms with Gasteiger partial charge in [-0.2, -0.15) is 0 Å². The van der Waals surface area contributed by atoms with Gasteiger partial charge in [-0.25, -0.2) is 8.78 Å². The maximum Gasteiger partial charge on any atom is 0.226 e. The van der Waals surface area contributed by atoms with E-state index in [1.165, 1.54) is 12.1 Å². The molecule has 36 heavy (non-hydrogen) atoms. The number of carbonyl (C=O) groups is 1. The molecule has 0 saturated carbocycles. The average Bonchev–Trinajstić information content (AvgIpc) is 3.18. The molecule has 0 radical (unpaired) electrons. The molecule has 0 bridgehead atoms. The molecule has 3 aromatic rings. The summed E-state index contributed by atoms with van der Waals surface area (Å²) in [4.78, 5) is 16.9. The second-order valence-corrected chi connectivity index (χ2v) is 10.2. The number of alkyl halides is 1. The van der Waals surface area contributed by atoms with Gasteiger partial charge in [-0.1, -0.05) is 32.0 Å². The van der Waals surface area contributed by atoms with Gasteiger partial charge in [0.1, 0.15) is 41.4 Å². The Hall–Kier alpha value is -3.00. The lowest BCUT2D eigenvalue weighted by Gasteiger charge is -2.41. The summed E-state index contributed by atoms with van der Waals surface area (Å²) in [6, 6.07) is 8.51. The van der Waals surface area contributed by atoms with Gasteiger partial charge < -0.3 is 14.1 Å². The molecule has 1 aromatic heterocycles. The molecule has 1 fully saturated rings. The Labute approximate surface area is 208 Å². The summed E-state index contributed by atoms with van der Waals surface area (Å²) in [5.74, 6) is -1.60. The van der Waals surface area contributed by atoms with Crippen LogP contribution in [0.5, 0.6) is 5.75 Å². The molecule has 1 amide bonds. The van der Waals surface area contributed by atoms with Gasteiger partial charge in [-0.05, 0) is 19.4 Å². The predicted octanol–water partition coefficient (Wildman–Crippen LogP) is 5.51. The van der Waals surface area contributed by atoms with Gasteiger partial charge in [0.05, 0.1) is 12.2 Å². The molecular formula is C28H31F3N2O3. The second kappa shape index (κ2) is 9.81. The molecule has 8 heteroatoms. The molecule has 0 spiro atoms. The fourth-order valence-corrected chi connectivity index (χ4v) is 5.39. The van der Waals surface area contributed by atoms with Gasteiger partial charge in [-0.3, -0.25) is 14.1 Å². The number of hydrogen-bond acceptors (Lipinski definition) is 4. The molecule has 0 N–H and O–H groups in total. The van der Waals surface area contributed by atoms with Crippen molar-refractivity contribution in [2.24, 2.45) is 11.8 Å². The molecule has 5 rings (SSSR count). The van der Waals surface area contributed by atoms with E-state index >= 15 is 8.78 Å². The molecular weight excluding hydrogens is 469 g/mol. The van der Waals surface area contributed by atoms with E-state index in [0.29, 0.717) is 37.4 Å². The fourth-order valence-electron chi connectivity index (χ4n) is 5.39. The lowest BCUT2D eigenvalue weighted by atomic mass is 9.87. The number of carbonyl (C=O) groups excluding carboxylic acids is 1. The van der Waals surface area contributed by atoms with Crippen LogP contribution in [0.2, 0.25) is 0 Å². The minimum atomic E-state index is -1.03. The van der Waals surface area contributed by atoms with E-state index in [9.17, 15) is 9.18 Å². The van der Waals surface area contributed by atoms with Gasteiger partial charge in [0.25, 0.3) is 0 Å². The van der Waals surface area contributed by atoms with E-state index in [1.807, 2.05) is 36.1 Å². The SMILES string of the molecule is CC(C)C(=O)N1[C@H](c2c(F)cc(OCCN3CC(CF)C3)cc2F)c2oc3ccccc3c2C[C@H]1C. The minimum absolute atomic E-state index is 0.0664. The topological polar surface area (TPSA) is 45.9 Å². The first kappa shape index (κ1) is 24.7. The van der Waals surface area contributed by atoms with Crippen LogP contribution in [0.1, 0.15) is 43.7 Å². The number of halogens is 3. The molecule has 2 aromatic carbocycles. The van der Waals surface area contributed by atoms with Crippen LogP contribution in [-0.4, -0.2) is 54.7 Å². The van der Waals surface area contributed by atoms with Gasteiger partial charge >= 0.3 is 0 Å². The number of furan rings is 1. The van der Waals surface area contributed by atoms with Gasteiger partial charge in [0, 0.05) is 60.6 Å². The standard InChI is InChI=1S/C28H31F3N2O3/c1-16(2)28(34)33-17(3)10-21-20-6-4-5-7-24(20)36-27(21)26(33)25-22(30)11-19(12-23(25)31)35-9-8-32-14-18(13-29)15-32/h4-7,11-12,16-18,26H,8-10,13-15H2,1-3H3/t17-,26-/m1/s1.